The predicted octanol–water partition coefficient (Wildman–Crippen LogP) is 1.51. The van der Waals surface area contributed by atoms with Gasteiger partial charge in [0.05, 0.1) is 0 Å². The number of carbonyl (C=O) groups is 2. The van der Waals surface area contributed by atoms with Crippen molar-refractivity contribution in [3.63, 3.8) is 0 Å². The van der Waals surface area contributed by atoms with Gasteiger partial charge in [0.2, 0.25) is 5.91 Å². The Morgan fingerprint density at radius 1 is 1.29 bits per heavy atom. The maximum atomic E-state index is 11.7. The van der Waals surface area contributed by atoms with E-state index in [1.165, 1.54) is 6.92 Å². The Kier molecular flexibility index (Phi) is 2.88. The third-order valence-corrected chi connectivity index (χ3v) is 3.10. The molecule has 2 N–H and O–H groups in total. The van der Waals surface area contributed by atoms with Crippen molar-refractivity contribution in [3.8, 4) is 0 Å². The van der Waals surface area contributed by atoms with Crippen LogP contribution in [0.25, 0.3) is 0 Å². The van der Waals surface area contributed by atoms with Crippen LogP contribution in [0.4, 0.5) is 0 Å². The molecule has 0 aliphatic heterocycles. The van der Waals surface area contributed by atoms with Crippen LogP contribution in [-0.4, -0.2) is 17.0 Å². The molecule has 2 rings (SSSR count). The lowest BCUT2D eigenvalue weighted by Gasteiger charge is -2.26. The van der Waals surface area contributed by atoms with Crippen molar-refractivity contribution in [1.29, 1.82) is 0 Å². The van der Waals surface area contributed by atoms with E-state index < -0.39 is 11.5 Å². The number of carbonyl (C=O) groups excluding carboxylic acids is 1. The SMILES string of the molecule is CC(NC(=O)C1CC1)(C(=O)O)c1ccccc1. The monoisotopic (exact) mass is 233 g/mol. The molecular formula is C13H15NO3. The molecule has 0 spiro atoms. The summed E-state index contributed by atoms with van der Waals surface area (Å²) in [5.74, 6) is -1.21. The van der Waals surface area contributed by atoms with Crippen molar-refractivity contribution in [2.45, 2.75) is 25.3 Å². The molecule has 17 heavy (non-hydrogen) atoms. The molecule has 1 atom stereocenters. The fourth-order valence-electron chi connectivity index (χ4n) is 1.71. The van der Waals surface area contributed by atoms with E-state index in [1.54, 1.807) is 24.3 Å². The fourth-order valence-corrected chi connectivity index (χ4v) is 1.71. The summed E-state index contributed by atoms with van der Waals surface area (Å²) in [7, 11) is 0. The van der Waals surface area contributed by atoms with Crippen LogP contribution in [0.2, 0.25) is 0 Å². The molecule has 0 bridgehead atoms. The standard InChI is InChI=1S/C13H15NO3/c1-13(12(16)17,10-5-3-2-4-6-10)14-11(15)9-7-8-9/h2-6,9H,7-8H2,1H3,(H,14,15)(H,16,17). The maximum Gasteiger partial charge on any atom is 0.333 e. The van der Waals surface area contributed by atoms with Gasteiger partial charge >= 0.3 is 5.97 Å². The smallest absolute Gasteiger partial charge is 0.333 e. The number of benzene rings is 1. The van der Waals surface area contributed by atoms with Gasteiger partial charge in [-0.3, -0.25) is 4.79 Å². The number of hydrogen-bond acceptors (Lipinski definition) is 2. The van der Waals surface area contributed by atoms with E-state index in [9.17, 15) is 14.7 Å². The van der Waals surface area contributed by atoms with Gasteiger partial charge in [0, 0.05) is 5.92 Å². The molecule has 0 radical (unpaired) electrons. The third kappa shape index (κ3) is 2.30. The molecule has 4 heteroatoms. The zero-order valence-electron chi connectivity index (χ0n) is 9.64. The third-order valence-electron chi connectivity index (χ3n) is 3.10. The second-order valence-corrected chi connectivity index (χ2v) is 4.56. The molecule has 1 unspecified atom stereocenters. The zero-order valence-corrected chi connectivity index (χ0v) is 9.64. The minimum Gasteiger partial charge on any atom is -0.479 e. The molecule has 1 amide bonds. The number of rotatable bonds is 4. The molecule has 0 aromatic heterocycles. The van der Waals surface area contributed by atoms with Gasteiger partial charge in [-0.1, -0.05) is 30.3 Å². The predicted molar refractivity (Wildman–Crippen MR) is 62.3 cm³/mol. The molecule has 1 aliphatic rings. The van der Waals surface area contributed by atoms with Gasteiger partial charge in [0.25, 0.3) is 0 Å². The highest BCUT2D eigenvalue weighted by atomic mass is 16.4. The summed E-state index contributed by atoms with van der Waals surface area (Å²) >= 11 is 0. The maximum absolute atomic E-state index is 11.7. The van der Waals surface area contributed by atoms with E-state index in [0.717, 1.165) is 12.8 Å². The highest BCUT2D eigenvalue weighted by Crippen LogP contribution is 2.31. The van der Waals surface area contributed by atoms with Crippen LogP contribution in [-0.2, 0) is 15.1 Å². The van der Waals surface area contributed by atoms with Gasteiger partial charge in [0.1, 0.15) is 0 Å². The average molecular weight is 233 g/mol. The lowest BCUT2D eigenvalue weighted by atomic mass is 9.92. The molecule has 1 aliphatic carbocycles. The van der Waals surface area contributed by atoms with Crippen LogP contribution < -0.4 is 5.32 Å². The highest BCUT2D eigenvalue weighted by Gasteiger charge is 2.40. The van der Waals surface area contributed by atoms with Crippen molar-refractivity contribution < 1.29 is 14.7 Å². The van der Waals surface area contributed by atoms with Crippen molar-refractivity contribution >= 4 is 11.9 Å². The second-order valence-electron chi connectivity index (χ2n) is 4.56. The number of amides is 1. The summed E-state index contributed by atoms with van der Waals surface area (Å²) in [6.07, 6.45) is 1.71. The van der Waals surface area contributed by atoms with E-state index in [2.05, 4.69) is 5.32 Å². The Labute approximate surface area is 99.6 Å². The normalized spacial score (nSPS) is 18.2. The Morgan fingerprint density at radius 2 is 1.88 bits per heavy atom. The number of nitrogens with one attached hydrogen (secondary N) is 1. The Balaban J connectivity index is 2.25. The van der Waals surface area contributed by atoms with Crippen LogP contribution in [0.3, 0.4) is 0 Å². The molecule has 0 heterocycles. The first-order chi connectivity index (χ1) is 8.04. The average Bonchev–Trinajstić information content (AvgIpc) is 3.13. The first-order valence-electron chi connectivity index (χ1n) is 5.65. The minimum absolute atomic E-state index is 0.00242. The van der Waals surface area contributed by atoms with Gasteiger partial charge in [-0.2, -0.15) is 0 Å². The van der Waals surface area contributed by atoms with E-state index in [4.69, 9.17) is 0 Å². The summed E-state index contributed by atoms with van der Waals surface area (Å²) in [4.78, 5) is 23.1. The molecule has 0 saturated heterocycles. The first-order valence-corrected chi connectivity index (χ1v) is 5.65. The van der Waals surface area contributed by atoms with Crippen LogP contribution in [0, 0.1) is 5.92 Å². The van der Waals surface area contributed by atoms with Crippen molar-refractivity contribution in [2.75, 3.05) is 0 Å². The van der Waals surface area contributed by atoms with E-state index in [1.807, 2.05) is 6.07 Å². The number of carboxylic acid groups (broad SMARTS) is 1. The Morgan fingerprint density at radius 3 is 2.35 bits per heavy atom. The summed E-state index contributed by atoms with van der Waals surface area (Å²) in [5.41, 5.74) is -0.762. The molecule has 90 valence electrons. The number of aliphatic carboxylic acids is 1. The van der Waals surface area contributed by atoms with Gasteiger partial charge in [-0.25, -0.2) is 4.79 Å². The molecular weight excluding hydrogens is 218 g/mol. The van der Waals surface area contributed by atoms with Crippen molar-refractivity contribution in [3.05, 3.63) is 35.9 Å². The van der Waals surface area contributed by atoms with Gasteiger partial charge in [-0.05, 0) is 25.3 Å². The summed E-state index contributed by atoms with van der Waals surface area (Å²) in [5, 5.41) is 12.0. The molecule has 1 aromatic rings. The minimum atomic E-state index is -1.35. The first kappa shape index (κ1) is 11.6. The Hall–Kier alpha value is -1.84. The van der Waals surface area contributed by atoms with Crippen molar-refractivity contribution in [1.82, 2.24) is 5.32 Å². The quantitative estimate of drug-likeness (QED) is 0.828. The van der Waals surface area contributed by atoms with Gasteiger partial charge in [-0.15, -0.1) is 0 Å². The molecule has 1 fully saturated rings. The fraction of sp³-hybridized carbons (Fsp3) is 0.385. The van der Waals surface area contributed by atoms with Gasteiger partial charge < -0.3 is 10.4 Å². The highest BCUT2D eigenvalue weighted by molar-refractivity contribution is 5.89. The molecule has 1 saturated carbocycles. The van der Waals surface area contributed by atoms with Gasteiger partial charge in [0.15, 0.2) is 5.54 Å². The number of hydrogen-bond donors (Lipinski definition) is 2. The second kappa shape index (κ2) is 4.20. The topological polar surface area (TPSA) is 66.4 Å². The number of carboxylic acids is 1. The largest absolute Gasteiger partial charge is 0.479 e. The summed E-state index contributed by atoms with van der Waals surface area (Å²) in [6.45, 7) is 1.52. The Bertz CT molecular complexity index is 439. The van der Waals surface area contributed by atoms with Crippen LogP contribution >= 0.6 is 0 Å². The van der Waals surface area contributed by atoms with E-state index >= 15 is 0 Å². The van der Waals surface area contributed by atoms with Crippen LogP contribution in [0.15, 0.2) is 30.3 Å². The summed E-state index contributed by atoms with van der Waals surface area (Å²) in [6, 6.07) is 8.76. The van der Waals surface area contributed by atoms with Crippen LogP contribution in [0.1, 0.15) is 25.3 Å². The molecule has 1 aromatic carbocycles. The lowest BCUT2D eigenvalue weighted by Crippen LogP contribution is -2.50. The van der Waals surface area contributed by atoms with E-state index in [0.29, 0.717) is 5.56 Å². The summed E-state index contributed by atoms with van der Waals surface area (Å²) < 4.78 is 0. The van der Waals surface area contributed by atoms with Crippen LogP contribution in [0.5, 0.6) is 0 Å². The lowest BCUT2D eigenvalue weighted by molar-refractivity contribution is -0.147. The van der Waals surface area contributed by atoms with E-state index in [-0.39, 0.29) is 11.8 Å². The molecule has 4 nitrogen and oxygen atoms in total. The van der Waals surface area contributed by atoms with Crippen molar-refractivity contribution in [2.24, 2.45) is 5.92 Å². The zero-order chi connectivity index (χ0) is 12.5.